The molecule has 0 aliphatic heterocycles. The molecule has 2 aromatic carbocycles. The second-order valence-electron chi connectivity index (χ2n) is 8.08. The highest BCUT2D eigenvalue weighted by molar-refractivity contribution is 9.10. The molecule has 0 fully saturated rings. The minimum atomic E-state index is -3.80. The number of benzene rings is 2. The highest BCUT2D eigenvalue weighted by atomic mass is 79.9. The van der Waals surface area contributed by atoms with Crippen LogP contribution in [0, 0.1) is 0 Å². The van der Waals surface area contributed by atoms with E-state index in [9.17, 15) is 18.0 Å². The van der Waals surface area contributed by atoms with Gasteiger partial charge in [-0.3, -0.25) is 13.9 Å². The summed E-state index contributed by atoms with van der Waals surface area (Å²) < 4.78 is 26.9. The molecule has 0 spiro atoms. The van der Waals surface area contributed by atoms with E-state index in [0.29, 0.717) is 27.2 Å². The van der Waals surface area contributed by atoms with Gasteiger partial charge in [0.25, 0.3) is 0 Å². The van der Waals surface area contributed by atoms with Crippen molar-refractivity contribution in [1.82, 2.24) is 10.2 Å². The van der Waals surface area contributed by atoms with E-state index in [-0.39, 0.29) is 18.5 Å². The summed E-state index contributed by atoms with van der Waals surface area (Å²) in [6.45, 7) is 5.27. The first-order chi connectivity index (χ1) is 16.0. The third-order valence-electron chi connectivity index (χ3n) is 5.49. The van der Waals surface area contributed by atoms with Crippen LogP contribution < -0.4 is 9.62 Å². The number of nitrogens with zero attached hydrogens (tertiary/aromatic N) is 2. The fourth-order valence-corrected chi connectivity index (χ4v) is 5.09. The number of nitrogens with one attached hydrogen (secondary N) is 1. The third-order valence-corrected chi connectivity index (χ3v) is 7.65. The molecule has 0 saturated carbocycles. The molecule has 0 unspecified atom stereocenters. The summed E-state index contributed by atoms with van der Waals surface area (Å²) >= 11 is 9.72. The molecule has 0 heterocycles. The summed E-state index contributed by atoms with van der Waals surface area (Å²) in [6, 6.07) is 13.0. The van der Waals surface area contributed by atoms with Crippen molar-refractivity contribution in [1.29, 1.82) is 0 Å². The Morgan fingerprint density at radius 1 is 1.06 bits per heavy atom. The summed E-state index contributed by atoms with van der Waals surface area (Å²) in [7, 11) is -3.80. The van der Waals surface area contributed by atoms with Gasteiger partial charge in [-0.05, 0) is 59.5 Å². The van der Waals surface area contributed by atoms with Crippen LogP contribution in [0.3, 0.4) is 0 Å². The molecule has 0 radical (unpaired) electrons. The smallest absolute Gasteiger partial charge is 0.244 e. The molecule has 2 rings (SSSR count). The maximum Gasteiger partial charge on any atom is 0.244 e. The largest absolute Gasteiger partial charge is 0.352 e. The van der Waals surface area contributed by atoms with Crippen LogP contribution in [0.1, 0.15) is 39.2 Å². The lowest BCUT2D eigenvalue weighted by molar-refractivity contribution is -0.140. The Balaban J connectivity index is 2.47. The first-order valence-corrected chi connectivity index (χ1v) is 14.1. The fraction of sp³-hybridized carbons (Fsp3) is 0.417. The summed E-state index contributed by atoms with van der Waals surface area (Å²) in [5.41, 5.74) is 1.01. The van der Waals surface area contributed by atoms with E-state index < -0.39 is 28.5 Å². The van der Waals surface area contributed by atoms with Crippen molar-refractivity contribution >= 4 is 55.1 Å². The second kappa shape index (κ2) is 12.6. The van der Waals surface area contributed by atoms with E-state index in [2.05, 4.69) is 21.2 Å². The van der Waals surface area contributed by atoms with Gasteiger partial charge in [0.05, 0.1) is 11.9 Å². The Bertz CT molecular complexity index is 1110. The number of sulfonamides is 1. The molecular weight excluding hydrogens is 542 g/mol. The lowest BCUT2D eigenvalue weighted by atomic mass is 10.1. The van der Waals surface area contributed by atoms with E-state index in [1.54, 1.807) is 48.5 Å². The summed E-state index contributed by atoms with van der Waals surface area (Å²) in [5, 5.41) is 3.40. The maximum absolute atomic E-state index is 13.6. The fourth-order valence-electron chi connectivity index (χ4n) is 3.42. The second-order valence-corrected chi connectivity index (χ2v) is 11.2. The molecule has 10 heteroatoms. The van der Waals surface area contributed by atoms with Crippen LogP contribution in [-0.2, 0) is 26.2 Å². The normalized spacial score (nSPS) is 13.1. The van der Waals surface area contributed by atoms with Gasteiger partial charge in [-0.1, -0.05) is 55.8 Å². The quantitative estimate of drug-likeness (QED) is 0.427. The van der Waals surface area contributed by atoms with Crippen LogP contribution in [0.25, 0.3) is 0 Å². The van der Waals surface area contributed by atoms with Crippen molar-refractivity contribution in [2.75, 3.05) is 17.1 Å². The molecule has 7 nitrogen and oxygen atoms in total. The number of halogens is 2. The zero-order chi connectivity index (χ0) is 25.5. The Hall–Kier alpha value is -2.10. The Morgan fingerprint density at radius 3 is 2.24 bits per heavy atom. The van der Waals surface area contributed by atoms with E-state index in [1.165, 1.54) is 4.90 Å². The van der Waals surface area contributed by atoms with Crippen LogP contribution in [0.4, 0.5) is 5.69 Å². The topological polar surface area (TPSA) is 86.8 Å². The van der Waals surface area contributed by atoms with Gasteiger partial charge < -0.3 is 10.2 Å². The Morgan fingerprint density at radius 2 is 1.68 bits per heavy atom. The zero-order valence-electron chi connectivity index (χ0n) is 19.8. The standard InChI is InChI=1S/C24H31BrClN3O4S/c1-5-17(3)27-24(31)21(6-2)28(15-18-11-7-9-13-20(18)26)23(30)16-29(34(4,32)33)22-14-10-8-12-19(22)25/h7-14,17,21H,5-6,15-16H2,1-4H3,(H,27,31)/t17-,21+/m1/s1. The monoisotopic (exact) mass is 571 g/mol. The first kappa shape index (κ1) is 28.1. The highest BCUT2D eigenvalue weighted by Gasteiger charge is 2.32. The molecule has 2 atom stereocenters. The van der Waals surface area contributed by atoms with Crippen LogP contribution in [0.2, 0.25) is 5.02 Å². The summed E-state index contributed by atoms with van der Waals surface area (Å²) in [5.74, 6) is -0.795. The molecule has 0 saturated heterocycles. The van der Waals surface area contributed by atoms with Crippen LogP contribution in [0.15, 0.2) is 53.0 Å². The van der Waals surface area contributed by atoms with Crippen molar-refractivity contribution in [2.24, 2.45) is 0 Å². The number of para-hydroxylation sites is 1. The minimum Gasteiger partial charge on any atom is -0.352 e. The third kappa shape index (κ3) is 7.45. The first-order valence-electron chi connectivity index (χ1n) is 11.0. The molecule has 0 aromatic heterocycles. The van der Waals surface area contributed by atoms with Crippen molar-refractivity contribution in [3.8, 4) is 0 Å². The average Bonchev–Trinajstić information content (AvgIpc) is 2.78. The molecule has 2 aromatic rings. The molecule has 1 N–H and O–H groups in total. The Kier molecular flexibility index (Phi) is 10.4. The number of carbonyl (C=O) groups is 2. The van der Waals surface area contributed by atoms with Gasteiger partial charge in [0.1, 0.15) is 12.6 Å². The van der Waals surface area contributed by atoms with Gasteiger partial charge in [0.2, 0.25) is 21.8 Å². The number of hydrogen-bond donors (Lipinski definition) is 1. The lowest BCUT2D eigenvalue weighted by Crippen LogP contribution is -2.53. The van der Waals surface area contributed by atoms with Crippen molar-refractivity contribution < 1.29 is 18.0 Å². The molecule has 2 amide bonds. The van der Waals surface area contributed by atoms with Crippen LogP contribution in [0.5, 0.6) is 0 Å². The zero-order valence-corrected chi connectivity index (χ0v) is 23.0. The van der Waals surface area contributed by atoms with Gasteiger partial charge in [-0.2, -0.15) is 0 Å². The van der Waals surface area contributed by atoms with Gasteiger partial charge >= 0.3 is 0 Å². The molecule has 34 heavy (non-hydrogen) atoms. The van der Waals surface area contributed by atoms with Crippen molar-refractivity contribution in [3.63, 3.8) is 0 Å². The lowest BCUT2D eigenvalue weighted by Gasteiger charge is -2.33. The molecule has 0 bridgehead atoms. The number of carbonyl (C=O) groups excluding carboxylic acids is 2. The van der Waals surface area contributed by atoms with E-state index in [1.807, 2.05) is 20.8 Å². The number of hydrogen-bond acceptors (Lipinski definition) is 4. The van der Waals surface area contributed by atoms with Crippen LogP contribution in [-0.4, -0.2) is 50.0 Å². The SMILES string of the molecule is CC[C@@H](C)NC(=O)[C@H](CC)N(Cc1ccccc1Cl)C(=O)CN(c1ccccc1Br)S(C)(=O)=O. The van der Waals surface area contributed by atoms with E-state index in [4.69, 9.17) is 11.6 Å². The van der Waals surface area contributed by atoms with E-state index in [0.717, 1.165) is 17.0 Å². The summed E-state index contributed by atoms with van der Waals surface area (Å²) in [4.78, 5) is 28.1. The van der Waals surface area contributed by atoms with Crippen molar-refractivity contribution in [2.45, 2.75) is 52.2 Å². The van der Waals surface area contributed by atoms with Crippen LogP contribution >= 0.6 is 27.5 Å². The summed E-state index contributed by atoms with van der Waals surface area (Å²) in [6.07, 6.45) is 2.14. The Labute approximate surface area is 215 Å². The minimum absolute atomic E-state index is 0.0633. The molecule has 186 valence electrons. The predicted molar refractivity (Wildman–Crippen MR) is 140 cm³/mol. The van der Waals surface area contributed by atoms with Gasteiger partial charge in [0.15, 0.2) is 0 Å². The van der Waals surface area contributed by atoms with Gasteiger partial charge in [-0.15, -0.1) is 0 Å². The number of anilines is 1. The van der Waals surface area contributed by atoms with E-state index >= 15 is 0 Å². The number of amides is 2. The molecule has 0 aliphatic carbocycles. The average molecular weight is 573 g/mol. The maximum atomic E-state index is 13.6. The predicted octanol–water partition coefficient (Wildman–Crippen LogP) is 4.59. The number of rotatable bonds is 11. The van der Waals surface area contributed by atoms with Gasteiger partial charge in [0, 0.05) is 22.1 Å². The molecule has 0 aliphatic rings. The highest BCUT2D eigenvalue weighted by Crippen LogP contribution is 2.28. The van der Waals surface area contributed by atoms with Gasteiger partial charge in [-0.25, -0.2) is 8.42 Å². The van der Waals surface area contributed by atoms with Crippen molar-refractivity contribution in [3.05, 3.63) is 63.6 Å². The molecular formula is C24H31BrClN3O4S.